The standard InChI is InChI=1S/C35H42N4O7/c1-33-16-21-22(37-20-12-14-39(15-13-20)17-19-8-6-5-7-9-19)10-11-23(40)24(21)27(41)26(33)31(44)35(46)30(43)25(32(36)45)28(42)29(38(3)4)34(35,2)18-33/h5-11,20,25-26,29,37,40,46H,12-18H2,1-4H3,(H2,36,45)/t25?,26?,29-,33+,34+,35-/m1/s1. The van der Waals surface area contributed by atoms with Crippen molar-refractivity contribution < 1.29 is 34.2 Å². The van der Waals surface area contributed by atoms with Crippen LogP contribution in [0.1, 0.15) is 54.6 Å². The number of rotatable bonds is 6. The Balaban J connectivity index is 1.33. The molecule has 1 amide bonds. The van der Waals surface area contributed by atoms with E-state index < -0.39 is 63.3 Å². The number of fused-ring (bicyclic) bond motifs is 3. The van der Waals surface area contributed by atoms with Crippen LogP contribution in [0.4, 0.5) is 5.69 Å². The molecule has 3 fully saturated rings. The average molecular weight is 631 g/mol. The van der Waals surface area contributed by atoms with E-state index in [0.717, 1.165) is 32.5 Å². The van der Waals surface area contributed by atoms with Gasteiger partial charge in [0.1, 0.15) is 5.75 Å². The second-order valence-corrected chi connectivity index (χ2v) is 14.4. The first kappa shape index (κ1) is 32.0. The van der Waals surface area contributed by atoms with Gasteiger partial charge in [-0.3, -0.25) is 33.8 Å². The predicted molar refractivity (Wildman–Crippen MR) is 169 cm³/mol. The summed E-state index contributed by atoms with van der Waals surface area (Å²) < 4.78 is 0. The SMILES string of the molecule is CN(C)[C@@H]1C(=O)C(C(N)=O)C(=O)[C@@]2(O)C(=O)C3C(=O)c4c(O)ccc(NC5CCN(Cc6ccccc6)CC5)c4C[C@@]3(C)C[C@@]12C. The fourth-order valence-corrected chi connectivity index (χ4v) is 9.15. The van der Waals surface area contributed by atoms with Crippen LogP contribution in [-0.4, -0.2) is 93.9 Å². The van der Waals surface area contributed by atoms with Crippen LogP contribution in [0.25, 0.3) is 0 Å². The highest BCUT2D eigenvalue weighted by Crippen LogP contribution is 2.62. The van der Waals surface area contributed by atoms with Gasteiger partial charge in [-0.1, -0.05) is 44.2 Å². The van der Waals surface area contributed by atoms with E-state index in [1.807, 2.05) is 18.2 Å². The molecule has 11 heteroatoms. The topological polar surface area (TPSA) is 170 Å². The summed E-state index contributed by atoms with van der Waals surface area (Å²) in [5.74, 6) is -8.84. The molecule has 2 unspecified atom stereocenters. The summed E-state index contributed by atoms with van der Waals surface area (Å²) in [7, 11) is 3.15. The van der Waals surface area contributed by atoms with Crippen molar-refractivity contribution in [2.75, 3.05) is 32.5 Å². The molecule has 0 spiro atoms. The molecule has 11 nitrogen and oxygen atoms in total. The lowest BCUT2D eigenvalue weighted by atomic mass is 9.42. The molecular weight excluding hydrogens is 588 g/mol. The zero-order chi connectivity index (χ0) is 33.3. The van der Waals surface area contributed by atoms with Crippen LogP contribution in [-0.2, 0) is 32.1 Å². The molecule has 2 saturated carbocycles. The van der Waals surface area contributed by atoms with Crippen LogP contribution in [0, 0.1) is 22.7 Å². The van der Waals surface area contributed by atoms with Crippen LogP contribution < -0.4 is 11.1 Å². The Morgan fingerprint density at radius 3 is 2.28 bits per heavy atom. The number of aromatic hydroxyl groups is 1. The fraction of sp³-hybridized carbons (Fsp3) is 0.514. The van der Waals surface area contributed by atoms with Crippen molar-refractivity contribution in [2.24, 2.45) is 28.4 Å². The van der Waals surface area contributed by atoms with Gasteiger partial charge in [-0.05, 0) is 68.5 Å². The van der Waals surface area contributed by atoms with E-state index in [0.29, 0.717) is 11.3 Å². The Kier molecular flexibility index (Phi) is 7.73. The fourth-order valence-electron chi connectivity index (χ4n) is 9.15. The number of phenolic OH excluding ortho intramolecular Hbond substituents is 1. The zero-order valence-electron chi connectivity index (χ0n) is 26.7. The first-order valence-electron chi connectivity index (χ1n) is 15.9. The number of hydrogen-bond donors (Lipinski definition) is 4. The largest absolute Gasteiger partial charge is 0.507 e. The summed E-state index contributed by atoms with van der Waals surface area (Å²) in [4.78, 5) is 72.2. The minimum Gasteiger partial charge on any atom is -0.507 e. The Labute approximate surface area is 268 Å². The number of nitrogens with zero attached hydrogens (tertiary/aromatic N) is 2. The molecule has 1 saturated heterocycles. The molecule has 46 heavy (non-hydrogen) atoms. The molecular formula is C35H42N4O7. The highest BCUT2D eigenvalue weighted by molar-refractivity contribution is 6.33. The van der Waals surface area contributed by atoms with E-state index in [-0.39, 0.29) is 30.2 Å². The van der Waals surface area contributed by atoms with Crippen molar-refractivity contribution in [1.82, 2.24) is 9.80 Å². The maximum absolute atomic E-state index is 14.4. The molecule has 2 aromatic carbocycles. The number of likely N-dealkylation sites (N-methyl/N-ethyl adjacent to an activating group) is 1. The summed E-state index contributed by atoms with van der Waals surface area (Å²) >= 11 is 0. The molecule has 2 aromatic rings. The third-order valence-electron chi connectivity index (χ3n) is 11.1. The van der Waals surface area contributed by atoms with Gasteiger partial charge in [-0.15, -0.1) is 0 Å². The molecule has 5 N–H and O–H groups in total. The van der Waals surface area contributed by atoms with Crippen LogP contribution in [0.5, 0.6) is 5.75 Å². The van der Waals surface area contributed by atoms with Crippen LogP contribution >= 0.6 is 0 Å². The predicted octanol–water partition coefficient (Wildman–Crippen LogP) is 1.72. The third kappa shape index (κ3) is 4.62. The van der Waals surface area contributed by atoms with E-state index in [1.54, 1.807) is 27.1 Å². The van der Waals surface area contributed by atoms with Crippen LogP contribution in [0.3, 0.4) is 0 Å². The van der Waals surface area contributed by atoms with Gasteiger partial charge >= 0.3 is 0 Å². The van der Waals surface area contributed by atoms with Gasteiger partial charge in [0.05, 0.1) is 17.5 Å². The molecule has 0 aromatic heterocycles. The number of carbonyl (C=O) groups excluding carboxylic acids is 5. The molecule has 1 heterocycles. The monoisotopic (exact) mass is 630 g/mol. The number of piperidine rings is 1. The van der Waals surface area contributed by atoms with Gasteiger partial charge in [0.2, 0.25) is 5.91 Å². The Bertz CT molecular complexity index is 1630. The molecule has 0 radical (unpaired) electrons. The Hall–Kier alpha value is -3.93. The number of ketones is 4. The number of nitrogens with two attached hydrogens (primary N) is 1. The van der Waals surface area contributed by atoms with Gasteiger partial charge in [-0.25, -0.2) is 0 Å². The van der Waals surface area contributed by atoms with Crippen LogP contribution in [0.15, 0.2) is 42.5 Å². The number of nitrogens with one attached hydrogen (secondary N) is 1. The maximum atomic E-state index is 14.4. The highest BCUT2D eigenvalue weighted by atomic mass is 16.3. The van der Waals surface area contributed by atoms with Crippen LogP contribution in [0.2, 0.25) is 0 Å². The quantitative estimate of drug-likeness (QED) is 0.272. The normalized spacial score (nSPS) is 33.4. The number of phenols is 1. The molecule has 3 aliphatic carbocycles. The number of carbonyl (C=O) groups is 5. The van der Waals surface area contributed by atoms with Crippen molar-refractivity contribution in [3.05, 3.63) is 59.2 Å². The number of hydrogen-bond acceptors (Lipinski definition) is 10. The smallest absolute Gasteiger partial charge is 0.235 e. The molecule has 4 aliphatic rings. The second kappa shape index (κ2) is 11.1. The number of Topliss-reactive ketones (excluding diaryl/α,β-unsaturated/α-hetero) is 4. The number of anilines is 1. The average Bonchev–Trinajstić information content (AvgIpc) is 2.97. The molecule has 0 bridgehead atoms. The number of aliphatic hydroxyl groups is 1. The number of amides is 1. The minimum atomic E-state index is -2.81. The number of benzene rings is 2. The molecule has 6 atom stereocenters. The second-order valence-electron chi connectivity index (χ2n) is 14.4. The summed E-state index contributed by atoms with van der Waals surface area (Å²) in [5.41, 5.74) is 2.38. The minimum absolute atomic E-state index is 0.00973. The number of likely N-dealkylation sites (tertiary alicyclic amines) is 1. The van der Waals surface area contributed by atoms with Crippen molar-refractivity contribution in [2.45, 2.75) is 63.8 Å². The van der Waals surface area contributed by atoms with Crippen molar-refractivity contribution in [3.8, 4) is 5.75 Å². The first-order chi connectivity index (χ1) is 21.6. The molecule has 6 rings (SSSR count). The Morgan fingerprint density at radius 1 is 1.02 bits per heavy atom. The van der Waals surface area contributed by atoms with Crippen molar-refractivity contribution in [1.29, 1.82) is 0 Å². The lowest BCUT2D eigenvalue weighted by Crippen LogP contribution is -2.79. The highest BCUT2D eigenvalue weighted by Gasteiger charge is 2.76. The van der Waals surface area contributed by atoms with Gasteiger partial charge in [0.15, 0.2) is 34.7 Å². The van der Waals surface area contributed by atoms with E-state index in [9.17, 15) is 34.2 Å². The molecule has 1 aliphatic heterocycles. The summed E-state index contributed by atoms with van der Waals surface area (Å²) in [6.07, 6.45) is 1.88. The van der Waals surface area contributed by atoms with Gasteiger partial charge in [0, 0.05) is 36.8 Å². The maximum Gasteiger partial charge on any atom is 0.235 e. The van der Waals surface area contributed by atoms with Crippen molar-refractivity contribution >= 4 is 34.7 Å². The lowest BCUT2D eigenvalue weighted by Gasteiger charge is -2.61. The van der Waals surface area contributed by atoms with Gasteiger partial charge in [-0.2, -0.15) is 0 Å². The third-order valence-corrected chi connectivity index (χ3v) is 11.1. The van der Waals surface area contributed by atoms with E-state index >= 15 is 0 Å². The van der Waals surface area contributed by atoms with E-state index in [2.05, 4.69) is 22.3 Å². The summed E-state index contributed by atoms with van der Waals surface area (Å²) in [6, 6.07) is 12.4. The summed E-state index contributed by atoms with van der Waals surface area (Å²) in [6.45, 7) is 5.91. The lowest BCUT2D eigenvalue weighted by molar-refractivity contribution is -0.203. The van der Waals surface area contributed by atoms with Gasteiger partial charge < -0.3 is 21.3 Å². The first-order valence-corrected chi connectivity index (χ1v) is 15.9. The van der Waals surface area contributed by atoms with Crippen molar-refractivity contribution in [3.63, 3.8) is 0 Å². The van der Waals surface area contributed by atoms with E-state index in [1.165, 1.54) is 23.5 Å². The Morgan fingerprint density at radius 2 is 1.67 bits per heavy atom. The zero-order valence-corrected chi connectivity index (χ0v) is 26.7. The number of primary amides is 1. The van der Waals surface area contributed by atoms with Gasteiger partial charge in [0.25, 0.3) is 0 Å². The van der Waals surface area contributed by atoms with E-state index in [4.69, 9.17) is 5.73 Å². The summed E-state index contributed by atoms with van der Waals surface area (Å²) in [5, 5.41) is 26.7. The molecule has 244 valence electrons.